The van der Waals surface area contributed by atoms with Crippen molar-refractivity contribution >= 4 is 29.0 Å². The fourth-order valence-electron chi connectivity index (χ4n) is 3.54. The maximum atomic E-state index is 12.7. The molecule has 0 radical (unpaired) electrons. The molecule has 29 heavy (non-hydrogen) atoms. The van der Waals surface area contributed by atoms with Gasteiger partial charge in [0, 0.05) is 19.2 Å². The van der Waals surface area contributed by atoms with Gasteiger partial charge in [0.2, 0.25) is 11.9 Å². The normalized spacial score (nSPS) is 14.8. The molecule has 1 aliphatic carbocycles. The van der Waals surface area contributed by atoms with Crippen LogP contribution in [0.25, 0.3) is 0 Å². The number of hydrogen-bond donors (Lipinski definition) is 2. The first-order valence-electron chi connectivity index (χ1n) is 9.50. The third-order valence-electron chi connectivity index (χ3n) is 5.20. The van der Waals surface area contributed by atoms with Gasteiger partial charge in [-0.25, -0.2) is 4.98 Å². The minimum Gasteiger partial charge on any atom is -0.382 e. The number of nitrogens with zero attached hydrogens (tertiary/aromatic N) is 3. The monoisotopic (exact) mass is 407 g/mol. The Bertz CT molecular complexity index is 854. The maximum absolute atomic E-state index is 12.7. The molecule has 1 aliphatic rings. The molecule has 9 heteroatoms. The van der Waals surface area contributed by atoms with E-state index >= 15 is 0 Å². The Labute approximate surface area is 167 Å². The number of benzene rings is 1. The van der Waals surface area contributed by atoms with Crippen molar-refractivity contribution in [3.63, 3.8) is 0 Å². The lowest BCUT2D eigenvalue weighted by atomic mass is 10.0. The summed E-state index contributed by atoms with van der Waals surface area (Å²) in [6.07, 6.45) is 0.504. The fourth-order valence-corrected chi connectivity index (χ4v) is 3.54. The van der Waals surface area contributed by atoms with Crippen LogP contribution in [0.4, 0.5) is 36.3 Å². The minimum absolute atomic E-state index is 0.112. The summed E-state index contributed by atoms with van der Waals surface area (Å²) in [5.74, 6) is 0.640. The van der Waals surface area contributed by atoms with Crippen LogP contribution < -0.4 is 16.0 Å². The molecule has 3 N–H and O–H groups in total. The van der Waals surface area contributed by atoms with E-state index in [0.29, 0.717) is 29.4 Å². The number of hydrogen-bond acceptors (Lipinski definition) is 5. The first kappa shape index (κ1) is 20.9. The molecule has 0 aliphatic heterocycles. The second kappa shape index (κ2) is 8.26. The van der Waals surface area contributed by atoms with Crippen molar-refractivity contribution in [1.29, 1.82) is 0 Å². The number of nitrogen functional groups attached to an aromatic ring is 1. The number of anilines is 4. The highest BCUT2D eigenvalue weighted by Gasteiger charge is 2.30. The van der Waals surface area contributed by atoms with Crippen LogP contribution in [0.15, 0.2) is 24.3 Å². The largest absolute Gasteiger partial charge is 0.416 e. The van der Waals surface area contributed by atoms with Crippen molar-refractivity contribution in [1.82, 2.24) is 9.97 Å². The van der Waals surface area contributed by atoms with Crippen molar-refractivity contribution < 1.29 is 18.0 Å². The Hall–Kier alpha value is -2.84. The third kappa shape index (κ3) is 4.96. The van der Waals surface area contributed by atoms with E-state index in [1.807, 2.05) is 0 Å². The summed E-state index contributed by atoms with van der Waals surface area (Å²) in [6, 6.07) is 4.68. The van der Waals surface area contributed by atoms with E-state index in [9.17, 15) is 18.0 Å². The zero-order chi connectivity index (χ0) is 21.2. The molecule has 1 heterocycles. The molecule has 2 aromatic rings. The van der Waals surface area contributed by atoms with E-state index in [4.69, 9.17) is 5.73 Å². The molecule has 1 amide bonds. The average Bonchev–Trinajstić information content (AvgIpc) is 3.16. The number of carbonyl (C=O) groups excluding carboxylic acids is 1. The highest BCUT2D eigenvalue weighted by atomic mass is 19.4. The van der Waals surface area contributed by atoms with Gasteiger partial charge in [-0.1, -0.05) is 12.8 Å². The molecule has 1 aromatic carbocycles. The lowest BCUT2D eigenvalue weighted by Crippen LogP contribution is -2.20. The molecule has 0 bridgehead atoms. The number of nitrogens with one attached hydrogen (secondary N) is 1. The van der Waals surface area contributed by atoms with Gasteiger partial charge in [0.25, 0.3) is 0 Å². The summed E-state index contributed by atoms with van der Waals surface area (Å²) >= 11 is 0. The van der Waals surface area contributed by atoms with Crippen LogP contribution in [0.2, 0.25) is 0 Å². The van der Waals surface area contributed by atoms with Crippen molar-refractivity contribution in [2.24, 2.45) is 5.92 Å². The van der Waals surface area contributed by atoms with Gasteiger partial charge < -0.3 is 16.0 Å². The number of amides is 1. The molecule has 1 fully saturated rings. The fraction of sp³-hybridized carbons (Fsp3) is 0.450. The van der Waals surface area contributed by atoms with Crippen LogP contribution in [-0.2, 0) is 11.0 Å². The molecule has 1 aromatic heterocycles. The third-order valence-corrected chi connectivity index (χ3v) is 5.20. The van der Waals surface area contributed by atoms with E-state index in [0.717, 1.165) is 37.8 Å². The summed E-state index contributed by atoms with van der Waals surface area (Å²) in [5, 5.41) is 2.80. The summed E-state index contributed by atoms with van der Waals surface area (Å²) < 4.78 is 38.2. The number of aryl methyl sites for hydroxylation is 1. The highest BCUT2D eigenvalue weighted by Crippen LogP contribution is 2.32. The molecular formula is C20H24F3N5O. The van der Waals surface area contributed by atoms with E-state index in [-0.39, 0.29) is 17.7 Å². The molecule has 1 saturated carbocycles. The average molecular weight is 407 g/mol. The molecule has 0 saturated heterocycles. The van der Waals surface area contributed by atoms with Crippen LogP contribution in [0.1, 0.15) is 43.4 Å². The Balaban J connectivity index is 1.74. The maximum Gasteiger partial charge on any atom is 0.416 e. The first-order valence-corrected chi connectivity index (χ1v) is 9.50. The smallest absolute Gasteiger partial charge is 0.382 e. The van der Waals surface area contributed by atoms with Crippen molar-refractivity contribution in [2.45, 2.75) is 45.2 Å². The van der Waals surface area contributed by atoms with Crippen molar-refractivity contribution in [3.8, 4) is 0 Å². The SMILES string of the molecule is Cc1nc(N(C)c2ccc(C(F)(F)F)cc2)nc(N)c1NC(=O)CC1CCCC1. The van der Waals surface area contributed by atoms with Gasteiger partial charge in [-0.05, 0) is 49.9 Å². The van der Waals surface area contributed by atoms with Gasteiger partial charge in [-0.2, -0.15) is 18.2 Å². The molecule has 0 atom stereocenters. The number of halogens is 3. The highest BCUT2D eigenvalue weighted by molar-refractivity contribution is 5.94. The minimum atomic E-state index is -4.40. The number of rotatable bonds is 5. The molecule has 156 valence electrons. The Morgan fingerprint density at radius 1 is 1.21 bits per heavy atom. The predicted octanol–water partition coefficient (Wildman–Crippen LogP) is 4.67. The number of aromatic nitrogens is 2. The van der Waals surface area contributed by atoms with Crippen LogP contribution >= 0.6 is 0 Å². The predicted molar refractivity (Wildman–Crippen MR) is 106 cm³/mol. The molecule has 3 rings (SSSR count). The van der Waals surface area contributed by atoms with Crippen molar-refractivity contribution in [3.05, 3.63) is 35.5 Å². The van der Waals surface area contributed by atoms with Gasteiger partial charge in [0.05, 0.1) is 11.3 Å². The number of nitrogens with two attached hydrogens (primary N) is 1. The summed E-state index contributed by atoms with van der Waals surface area (Å²) in [5.41, 5.74) is 6.65. The van der Waals surface area contributed by atoms with Crippen LogP contribution in [0, 0.1) is 12.8 Å². The van der Waals surface area contributed by atoms with Gasteiger partial charge in [0.15, 0.2) is 5.82 Å². The van der Waals surface area contributed by atoms with Gasteiger partial charge in [-0.3, -0.25) is 4.79 Å². The summed E-state index contributed by atoms with van der Waals surface area (Å²) in [7, 11) is 1.63. The zero-order valence-corrected chi connectivity index (χ0v) is 16.4. The lowest BCUT2D eigenvalue weighted by molar-refractivity contribution is -0.137. The van der Waals surface area contributed by atoms with Crippen LogP contribution in [0.5, 0.6) is 0 Å². The quantitative estimate of drug-likeness (QED) is 0.752. The second-order valence-electron chi connectivity index (χ2n) is 7.38. The van der Waals surface area contributed by atoms with Crippen molar-refractivity contribution in [2.75, 3.05) is 23.0 Å². The lowest BCUT2D eigenvalue weighted by Gasteiger charge is -2.20. The van der Waals surface area contributed by atoms with Crippen LogP contribution in [0.3, 0.4) is 0 Å². The first-order chi connectivity index (χ1) is 13.6. The molecule has 6 nitrogen and oxygen atoms in total. The topological polar surface area (TPSA) is 84.1 Å². The zero-order valence-electron chi connectivity index (χ0n) is 16.4. The number of alkyl halides is 3. The van der Waals surface area contributed by atoms with Gasteiger partial charge >= 0.3 is 6.18 Å². The number of carbonyl (C=O) groups is 1. The molecule has 0 unspecified atom stereocenters. The van der Waals surface area contributed by atoms with E-state index in [1.54, 1.807) is 14.0 Å². The summed E-state index contributed by atoms with van der Waals surface area (Å²) in [6.45, 7) is 1.70. The molecular weight excluding hydrogens is 383 g/mol. The Kier molecular flexibility index (Phi) is 5.95. The van der Waals surface area contributed by atoms with Gasteiger partial charge in [0.1, 0.15) is 5.69 Å². The Morgan fingerprint density at radius 3 is 2.38 bits per heavy atom. The molecule has 0 spiro atoms. The Morgan fingerprint density at radius 2 is 1.83 bits per heavy atom. The van der Waals surface area contributed by atoms with E-state index in [1.165, 1.54) is 17.0 Å². The second-order valence-corrected chi connectivity index (χ2v) is 7.38. The van der Waals surface area contributed by atoms with E-state index < -0.39 is 11.7 Å². The van der Waals surface area contributed by atoms with E-state index in [2.05, 4.69) is 15.3 Å². The van der Waals surface area contributed by atoms with Crippen LogP contribution in [-0.4, -0.2) is 22.9 Å². The summed E-state index contributed by atoms with van der Waals surface area (Å²) in [4.78, 5) is 22.4. The standard InChI is InChI=1S/C20H24F3N5O/c1-12-17(26-16(29)11-13-5-3-4-6-13)18(24)27-19(25-12)28(2)15-9-7-14(8-10-15)20(21,22)23/h7-10,13H,3-6,11H2,1-2H3,(H,26,29)(H2,24,25,27). The van der Waals surface area contributed by atoms with Gasteiger partial charge in [-0.15, -0.1) is 0 Å².